The molecule has 2 saturated heterocycles. The first-order valence-corrected chi connectivity index (χ1v) is 10.9. The average Bonchev–Trinajstić information content (AvgIpc) is 3.28. The van der Waals surface area contributed by atoms with Crippen molar-refractivity contribution in [2.75, 3.05) is 26.2 Å². The van der Waals surface area contributed by atoms with Crippen molar-refractivity contribution in [2.45, 2.75) is 37.8 Å². The predicted octanol–water partition coefficient (Wildman–Crippen LogP) is 3.71. The van der Waals surface area contributed by atoms with E-state index in [1.807, 2.05) is 47.5 Å². The van der Waals surface area contributed by atoms with Crippen molar-refractivity contribution in [1.29, 1.82) is 0 Å². The number of aromatic amines is 1. The maximum Gasteiger partial charge on any atom is 0.253 e. The van der Waals surface area contributed by atoms with E-state index >= 15 is 0 Å². The number of ether oxygens (including phenoxy) is 1. The summed E-state index contributed by atoms with van der Waals surface area (Å²) in [6.07, 6.45) is 9.95. The number of carbonyl (C=O) groups excluding carboxylic acids is 1. The number of nitrogens with one attached hydrogen (secondary N) is 1. The van der Waals surface area contributed by atoms with E-state index in [4.69, 9.17) is 4.74 Å². The molecule has 0 unspecified atom stereocenters. The van der Waals surface area contributed by atoms with Gasteiger partial charge in [0.1, 0.15) is 11.9 Å². The number of nitrogens with zero attached hydrogens (tertiary/aromatic N) is 3. The number of aromatic nitrogens is 2. The van der Waals surface area contributed by atoms with Crippen LogP contribution >= 0.6 is 0 Å². The summed E-state index contributed by atoms with van der Waals surface area (Å²) in [7, 11) is 0. The molecule has 6 heteroatoms. The molecule has 156 valence electrons. The molecule has 1 amide bonds. The molecule has 1 N–H and O–H groups in total. The van der Waals surface area contributed by atoms with Crippen LogP contribution in [0.15, 0.2) is 55.0 Å². The van der Waals surface area contributed by atoms with E-state index in [2.05, 4.69) is 14.9 Å². The second-order valence-electron chi connectivity index (χ2n) is 8.34. The molecule has 4 heterocycles. The lowest BCUT2D eigenvalue weighted by molar-refractivity contribution is 0.0425. The maximum absolute atomic E-state index is 12.9. The van der Waals surface area contributed by atoms with Gasteiger partial charge >= 0.3 is 0 Å². The van der Waals surface area contributed by atoms with Crippen LogP contribution in [-0.2, 0) is 0 Å². The Morgan fingerprint density at radius 3 is 2.50 bits per heavy atom. The van der Waals surface area contributed by atoms with Crippen LogP contribution in [0.2, 0.25) is 0 Å². The second-order valence-corrected chi connectivity index (χ2v) is 8.34. The Labute approximate surface area is 176 Å². The van der Waals surface area contributed by atoms with Gasteiger partial charge in [0.05, 0.1) is 0 Å². The number of piperidine rings is 2. The maximum atomic E-state index is 12.9. The lowest BCUT2D eigenvalue weighted by Crippen LogP contribution is -2.50. The molecule has 2 fully saturated rings. The van der Waals surface area contributed by atoms with Gasteiger partial charge in [0, 0.05) is 67.3 Å². The fourth-order valence-corrected chi connectivity index (χ4v) is 4.77. The Morgan fingerprint density at radius 1 is 0.967 bits per heavy atom. The minimum Gasteiger partial charge on any atom is -0.490 e. The minimum atomic E-state index is 0.154. The van der Waals surface area contributed by atoms with Crippen molar-refractivity contribution in [2.24, 2.45) is 0 Å². The van der Waals surface area contributed by atoms with E-state index in [1.54, 1.807) is 12.4 Å². The standard InChI is InChI=1S/C24H28N4O2/c29-24(19-1-2-23-18(17-19)3-12-26-23)28-13-6-20(7-14-28)27-15-8-22(9-16-27)30-21-4-10-25-11-5-21/h1-5,10-12,17,20,22,26H,6-9,13-16H2. The largest absolute Gasteiger partial charge is 0.490 e. The molecule has 3 aromatic rings. The summed E-state index contributed by atoms with van der Waals surface area (Å²) >= 11 is 0. The highest BCUT2D eigenvalue weighted by molar-refractivity contribution is 5.98. The third-order valence-electron chi connectivity index (χ3n) is 6.50. The molecule has 30 heavy (non-hydrogen) atoms. The first-order chi connectivity index (χ1) is 14.8. The molecular formula is C24H28N4O2. The van der Waals surface area contributed by atoms with Crippen molar-refractivity contribution in [3.05, 3.63) is 60.6 Å². The first-order valence-electron chi connectivity index (χ1n) is 10.9. The molecule has 0 bridgehead atoms. The highest BCUT2D eigenvalue weighted by Crippen LogP contribution is 2.25. The molecule has 1 aromatic carbocycles. The summed E-state index contributed by atoms with van der Waals surface area (Å²) in [6, 6.07) is 12.4. The zero-order valence-corrected chi connectivity index (χ0v) is 17.2. The topological polar surface area (TPSA) is 61.5 Å². The highest BCUT2D eigenvalue weighted by Gasteiger charge is 2.30. The Hall–Kier alpha value is -2.86. The number of carbonyl (C=O) groups is 1. The third kappa shape index (κ3) is 4.05. The molecule has 0 atom stereocenters. The molecule has 2 aliphatic rings. The summed E-state index contributed by atoms with van der Waals surface area (Å²) in [6.45, 7) is 3.81. The van der Waals surface area contributed by atoms with Crippen molar-refractivity contribution >= 4 is 16.8 Å². The molecular weight excluding hydrogens is 376 g/mol. The van der Waals surface area contributed by atoms with Crippen molar-refractivity contribution in [3.8, 4) is 5.75 Å². The van der Waals surface area contributed by atoms with Crippen molar-refractivity contribution < 1.29 is 9.53 Å². The SMILES string of the molecule is O=C(c1ccc2[nH]ccc2c1)N1CCC(N2CCC(Oc3ccncc3)CC2)CC1. The molecule has 6 nitrogen and oxygen atoms in total. The number of likely N-dealkylation sites (tertiary alicyclic amines) is 2. The van der Waals surface area contributed by atoms with Gasteiger partial charge in [0.2, 0.25) is 0 Å². The van der Waals surface area contributed by atoms with E-state index in [0.717, 1.165) is 74.1 Å². The number of H-pyrrole nitrogens is 1. The van der Waals surface area contributed by atoms with Crippen LogP contribution in [0, 0.1) is 0 Å². The van der Waals surface area contributed by atoms with Crippen LogP contribution in [0.4, 0.5) is 0 Å². The number of hydrogen-bond donors (Lipinski definition) is 1. The number of benzene rings is 1. The van der Waals surface area contributed by atoms with Crippen molar-refractivity contribution in [3.63, 3.8) is 0 Å². The second kappa shape index (κ2) is 8.48. The van der Waals surface area contributed by atoms with Gasteiger partial charge in [-0.2, -0.15) is 0 Å². The third-order valence-corrected chi connectivity index (χ3v) is 6.50. The van der Waals surface area contributed by atoms with Gasteiger partial charge in [-0.1, -0.05) is 0 Å². The van der Waals surface area contributed by atoms with Gasteiger partial charge in [-0.3, -0.25) is 14.7 Å². The molecule has 0 saturated carbocycles. The smallest absolute Gasteiger partial charge is 0.253 e. The van der Waals surface area contributed by atoms with Gasteiger partial charge < -0.3 is 14.6 Å². The number of pyridine rings is 1. The van der Waals surface area contributed by atoms with Crippen LogP contribution in [-0.4, -0.2) is 64.0 Å². The molecule has 0 radical (unpaired) electrons. The lowest BCUT2D eigenvalue weighted by Gasteiger charge is -2.41. The Bertz CT molecular complexity index is 987. The van der Waals surface area contributed by atoms with Gasteiger partial charge in [-0.25, -0.2) is 0 Å². The van der Waals surface area contributed by atoms with Crippen LogP contribution in [0.1, 0.15) is 36.0 Å². The summed E-state index contributed by atoms with van der Waals surface area (Å²) in [5, 5.41) is 1.09. The first kappa shape index (κ1) is 19.1. The quantitative estimate of drug-likeness (QED) is 0.720. The lowest BCUT2D eigenvalue weighted by atomic mass is 9.98. The van der Waals surface area contributed by atoms with Crippen LogP contribution < -0.4 is 4.74 Å². The summed E-state index contributed by atoms with van der Waals surface area (Å²) in [5.41, 5.74) is 1.86. The molecule has 0 spiro atoms. The molecule has 0 aliphatic carbocycles. The summed E-state index contributed by atoms with van der Waals surface area (Å²) in [5.74, 6) is 1.06. The van der Waals surface area contributed by atoms with Gasteiger partial charge in [-0.05, 0) is 62.1 Å². The Kier molecular flexibility index (Phi) is 5.41. The number of hydrogen-bond acceptors (Lipinski definition) is 4. The number of rotatable bonds is 4. The normalized spacial score (nSPS) is 19.3. The average molecular weight is 405 g/mol. The monoisotopic (exact) mass is 404 g/mol. The predicted molar refractivity (Wildman–Crippen MR) is 117 cm³/mol. The zero-order chi connectivity index (χ0) is 20.3. The van der Waals surface area contributed by atoms with Crippen LogP contribution in [0.25, 0.3) is 10.9 Å². The molecule has 2 aromatic heterocycles. The fraction of sp³-hybridized carbons (Fsp3) is 0.417. The zero-order valence-electron chi connectivity index (χ0n) is 17.2. The van der Waals surface area contributed by atoms with Gasteiger partial charge in [-0.15, -0.1) is 0 Å². The number of amides is 1. The van der Waals surface area contributed by atoms with Crippen LogP contribution in [0.3, 0.4) is 0 Å². The van der Waals surface area contributed by atoms with E-state index in [1.165, 1.54) is 0 Å². The van der Waals surface area contributed by atoms with Gasteiger partial charge in [0.25, 0.3) is 5.91 Å². The summed E-state index contributed by atoms with van der Waals surface area (Å²) < 4.78 is 6.09. The minimum absolute atomic E-state index is 0.154. The summed E-state index contributed by atoms with van der Waals surface area (Å²) in [4.78, 5) is 24.8. The van der Waals surface area contributed by atoms with Gasteiger partial charge in [0.15, 0.2) is 0 Å². The van der Waals surface area contributed by atoms with E-state index in [-0.39, 0.29) is 12.0 Å². The van der Waals surface area contributed by atoms with E-state index in [9.17, 15) is 4.79 Å². The van der Waals surface area contributed by atoms with Crippen molar-refractivity contribution in [1.82, 2.24) is 19.8 Å². The highest BCUT2D eigenvalue weighted by atomic mass is 16.5. The fourth-order valence-electron chi connectivity index (χ4n) is 4.77. The molecule has 2 aliphatic heterocycles. The van der Waals surface area contributed by atoms with E-state index < -0.39 is 0 Å². The molecule has 5 rings (SSSR count). The van der Waals surface area contributed by atoms with Crippen LogP contribution in [0.5, 0.6) is 5.75 Å². The number of fused-ring (bicyclic) bond motifs is 1. The Balaban J connectivity index is 1.11. The Morgan fingerprint density at radius 2 is 1.73 bits per heavy atom. The van der Waals surface area contributed by atoms with E-state index in [0.29, 0.717) is 6.04 Å².